The molecule has 0 N–H and O–H groups in total. The third-order valence-corrected chi connectivity index (χ3v) is 6.39. The van der Waals surface area contributed by atoms with Gasteiger partial charge in [0, 0.05) is 38.4 Å². The molecule has 0 bridgehead atoms. The first kappa shape index (κ1) is 22.4. The molecule has 2 aromatic carbocycles. The van der Waals surface area contributed by atoms with Crippen molar-refractivity contribution in [2.75, 3.05) is 26.3 Å². The molecular weight excluding hydrogens is 414 g/mol. The van der Waals surface area contributed by atoms with Crippen LogP contribution in [0.1, 0.15) is 41.6 Å². The van der Waals surface area contributed by atoms with Crippen LogP contribution in [0.5, 0.6) is 0 Å². The number of rotatable bonds is 5. The molecule has 2 aromatic rings. The predicted molar refractivity (Wildman–Crippen MR) is 116 cm³/mol. The summed E-state index contributed by atoms with van der Waals surface area (Å²) in [6.45, 7) is 1.97. The van der Waals surface area contributed by atoms with Gasteiger partial charge in [-0.3, -0.25) is 9.59 Å². The summed E-state index contributed by atoms with van der Waals surface area (Å²) >= 11 is 0. The zero-order chi connectivity index (χ0) is 22.5. The number of halogens is 2. The van der Waals surface area contributed by atoms with E-state index >= 15 is 0 Å². The molecule has 32 heavy (non-hydrogen) atoms. The van der Waals surface area contributed by atoms with Gasteiger partial charge in [-0.1, -0.05) is 36.4 Å². The highest BCUT2D eigenvalue weighted by Gasteiger charge is 2.35. The molecule has 0 unspecified atom stereocenters. The van der Waals surface area contributed by atoms with Crippen molar-refractivity contribution in [2.24, 2.45) is 0 Å². The van der Waals surface area contributed by atoms with Crippen LogP contribution in [0.3, 0.4) is 0 Å². The topological polar surface area (TPSA) is 49.9 Å². The van der Waals surface area contributed by atoms with Gasteiger partial charge >= 0.3 is 0 Å². The second kappa shape index (κ2) is 10.2. The molecule has 0 spiro atoms. The fourth-order valence-corrected chi connectivity index (χ4v) is 4.74. The van der Waals surface area contributed by atoms with E-state index in [1.54, 1.807) is 0 Å². The van der Waals surface area contributed by atoms with Crippen molar-refractivity contribution in [3.63, 3.8) is 0 Å². The lowest BCUT2D eigenvalue weighted by Crippen LogP contribution is -2.54. The van der Waals surface area contributed by atoms with Gasteiger partial charge < -0.3 is 14.5 Å². The van der Waals surface area contributed by atoms with Crippen molar-refractivity contribution in [3.8, 4) is 0 Å². The van der Waals surface area contributed by atoms with Gasteiger partial charge in [0.2, 0.25) is 5.91 Å². The SMILES string of the molecule is O=C(c1c(F)cccc1F)N1CCC(N(C(=O)Cc2ccccc2)C2CCOCC2)CC1. The van der Waals surface area contributed by atoms with E-state index in [4.69, 9.17) is 4.74 Å². The van der Waals surface area contributed by atoms with Crippen LogP contribution in [-0.4, -0.2) is 60.0 Å². The van der Waals surface area contributed by atoms with Gasteiger partial charge in [0.25, 0.3) is 5.91 Å². The number of piperidine rings is 1. The monoisotopic (exact) mass is 442 g/mol. The lowest BCUT2D eigenvalue weighted by Gasteiger charge is -2.43. The zero-order valence-electron chi connectivity index (χ0n) is 18.0. The fraction of sp³-hybridized carbons (Fsp3) is 0.440. The molecule has 2 saturated heterocycles. The number of ether oxygens (including phenoxy) is 1. The van der Waals surface area contributed by atoms with E-state index in [0.29, 0.717) is 45.6 Å². The molecule has 7 heteroatoms. The maximum absolute atomic E-state index is 14.1. The Hall–Kier alpha value is -2.80. The van der Waals surface area contributed by atoms with Crippen molar-refractivity contribution in [2.45, 2.75) is 44.2 Å². The second-order valence-corrected chi connectivity index (χ2v) is 8.43. The van der Waals surface area contributed by atoms with Crippen molar-refractivity contribution in [1.29, 1.82) is 0 Å². The van der Waals surface area contributed by atoms with Gasteiger partial charge in [-0.05, 0) is 43.4 Å². The zero-order valence-corrected chi connectivity index (χ0v) is 18.0. The first-order valence-corrected chi connectivity index (χ1v) is 11.2. The van der Waals surface area contributed by atoms with Crippen LogP contribution in [0.4, 0.5) is 8.78 Å². The molecule has 170 valence electrons. The molecule has 0 radical (unpaired) electrons. The van der Waals surface area contributed by atoms with Crippen LogP contribution in [0, 0.1) is 11.6 Å². The van der Waals surface area contributed by atoms with Gasteiger partial charge in [0.1, 0.15) is 17.2 Å². The van der Waals surface area contributed by atoms with Crippen LogP contribution < -0.4 is 0 Å². The van der Waals surface area contributed by atoms with E-state index in [1.807, 2.05) is 35.2 Å². The van der Waals surface area contributed by atoms with Crippen LogP contribution in [0.2, 0.25) is 0 Å². The first-order valence-electron chi connectivity index (χ1n) is 11.2. The summed E-state index contributed by atoms with van der Waals surface area (Å²) in [6.07, 6.45) is 3.08. The Balaban J connectivity index is 1.46. The normalized spacial score (nSPS) is 17.9. The highest BCUT2D eigenvalue weighted by atomic mass is 19.1. The minimum atomic E-state index is -0.848. The molecule has 2 fully saturated rings. The van der Waals surface area contributed by atoms with E-state index < -0.39 is 23.1 Å². The number of carbonyl (C=O) groups excluding carboxylic acids is 2. The van der Waals surface area contributed by atoms with E-state index in [0.717, 1.165) is 30.5 Å². The maximum atomic E-state index is 14.1. The Kier molecular flexibility index (Phi) is 7.15. The van der Waals surface area contributed by atoms with E-state index in [-0.39, 0.29) is 18.0 Å². The average molecular weight is 443 g/mol. The summed E-state index contributed by atoms with van der Waals surface area (Å²) in [5.74, 6) is -2.25. The summed E-state index contributed by atoms with van der Waals surface area (Å²) < 4.78 is 33.6. The van der Waals surface area contributed by atoms with E-state index in [2.05, 4.69) is 0 Å². The van der Waals surface area contributed by atoms with Crippen molar-refractivity contribution >= 4 is 11.8 Å². The number of likely N-dealkylation sites (tertiary alicyclic amines) is 1. The maximum Gasteiger partial charge on any atom is 0.259 e. The largest absolute Gasteiger partial charge is 0.381 e. The Bertz CT molecular complexity index is 919. The molecule has 2 aliphatic rings. The Labute approximate surface area is 187 Å². The molecule has 0 aromatic heterocycles. The van der Waals surface area contributed by atoms with Gasteiger partial charge in [-0.15, -0.1) is 0 Å². The summed E-state index contributed by atoms with van der Waals surface area (Å²) in [7, 11) is 0. The van der Waals surface area contributed by atoms with Gasteiger partial charge in [-0.2, -0.15) is 0 Å². The Morgan fingerprint density at radius 2 is 1.47 bits per heavy atom. The minimum absolute atomic E-state index is 0.0103. The van der Waals surface area contributed by atoms with Crippen LogP contribution in [0.25, 0.3) is 0 Å². The van der Waals surface area contributed by atoms with Gasteiger partial charge in [0.15, 0.2) is 0 Å². The third kappa shape index (κ3) is 4.99. The highest BCUT2D eigenvalue weighted by Crippen LogP contribution is 2.26. The number of nitrogens with zero attached hydrogens (tertiary/aromatic N) is 2. The molecule has 0 saturated carbocycles. The van der Waals surface area contributed by atoms with Crippen molar-refractivity contribution < 1.29 is 23.1 Å². The Morgan fingerprint density at radius 1 is 0.875 bits per heavy atom. The second-order valence-electron chi connectivity index (χ2n) is 8.43. The van der Waals surface area contributed by atoms with Gasteiger partial charge in [0.05, 0.1) is 6.42 Å². The number of benzene rings is 2. The van der Waals surface area contributed by atoms with Crippen LogP contribution >= 0.6 is 0 Å². The summed E-state index contributed by atoms with van der Waals surface area (Å²) in [5.41, 5.74) is 0.463. The van der Waals surface area contributed by atoms with Crippen molar-refractivity contribution in [1.82, 2.24) is 9.80 Å². The lowest BCUT2D eigenvalue weighted by molar-refractivity contribution is -0.139. The molecule has 2 aliphatic heterocycles. The summed E-state index contributed by atoms with van der Waals surface area (Å²) in [4.78, 5) is 29.6. The third-order valence-electron chi connectivity index (χ3n) is 6.39. The Morgan fingerprint density at radius 3 is 2.09 bits per heavy atom. The number of hydrogen-bond donors (Lipinski definition) is 0. The average Bonchev–Trinajstić information content (AvgIpc) is 2.81. The predicted octanol–water partition coefficient (Wildman–Crippen LogP) is 3.82. The fourth-order valence-electron chi connectivity index (χ4n) is 4.74. The molecular formula is C25H28F2N2O3. The molecule has 5 nitrogen and oxygen atoms in total. The molecule has 2 amide bonds. The van der Waals surface area contributed by atoms with Crippen molar-refractivity contribution in [3.05, 3.63) is 71.3 Å². The first-order chi connectivity index (χ1) is 15.5. The number of hydrogen-bond acceptors (Lipinski definition) is 3. The molecule has 2 heterocycles. The summed E-state index contributed by atoms with van der Waals surface area (Å²) in [5, 5.41) is 0. The summed E-state index contributed by atoms with van der Waals surface area (Å²) in [6, 6.07) is 13.2. The van der Waals surface area contributed by atoms with Gasteiger partial charge in [-0.25, -0.2) is 8.78 Å². The highest BCUT2D eigenvalue weighted by molar-refractivity contribution is 5.94. The smallest absolute Gasteiger partial charge is 0.259 e. The molecule has 4 rings (SSSR count). The number of carbonyl (C=O) groups is 2. The molecule has 0 atom stereocenters. The standard InChI is InChI=1S/C25H28F2N2O3/c26-21-7-4-8-22(27)24(21)25(31)28-13-9-19(10-14-28)29(20-11-15-32-16-12-20)23(30)17-18-5-2-1-3-6-18/h1-8,19-20H,9-17H2. The minimum Gasteiger partial charge on any atom is -0.381 e. The lowest BCUT2D eigenvalue weighted by atomic mass is 9.96. The van der Waals surface area contributed by atoms with Crippen LogP contribution in [0.15, 0.2) is 48.5 Å². The number of amides is 2. The van der Waals surface area contributed by atoms with Crippen LogP contribution in [-0.2, 0) is 16.0 Å². The van der Waals surface area contributed by atoms with E-state index in [1.165, 1.54) is 11.0 Å². The molecule has 0 aliphatic carbocycles. The quantitative estimate of drug-likeness (QED) is 0.708. The van der Waals surface area contributed by atoms with E-state index in [9.17, 15) is 18.4 Å².